The summed E-state index contributed by atoms with van der Waals surface area (Å²) in [5.41, 5.74) is 4.01. The van der Waals surface area contributed by atoms with Gasteiger partial charge in [0.05, 0.1) is 0 Å². The van der Waals surface area contributed by atoms with Gasteiger partial charge in [0, 0.05) is 37.3 Å². The third-order valence-electron chi connectivity index (χ3n) is 6.58. The second-order valence-corrected chi connectivity index (χ2v) is 9.80. The highest BCUT2D eigenvalue weighted by molar-refractivity contribution is 5.69. The maximum Gasteiger partial charge on any atom is 0.410 e. The van der Waals surface area contributed by atoms with E-state index in [0.717, 1.165) is 31.4 Å². The molecule has 3 heterocycles. The molecule has 170 valence electrons. The summed E-state index contributed by atoms with van der Waals surface area (Å²) in [6.07, 6.45) is 3.78. The highest BCUT2D eigenvalue weighted by atomic mass is 16.6. The second-order valence-electron chi connectivity index (χ2n) is 9.80. The van der Waals surface area contributed by atoms with E-state index in [4.69, 9.17) is 4.74 Å². The molecular formula is C25H31N3O4. The molecule has 0 radical (unpaired) electrons. The summed E-state index contributed by atoms with van der Waals surface area (Å²) in [6, 6.07) is 6.67. The van der Waals surface area contributed by atoms with E-state index in [-0.39, 0.29) is 12.0 Å². The molecule has 7 heteroatoms. The van der Waals surface area contributed by atoms with Crippen LogP contribution in [0.5, 0.6) is 0 Å². The van der Waals surface area contributed by atoms with Crippen LogP contribution < -0.4 is 10.2 Å². The van der Waals surface area contributed by atoms with Crippen LogP contribution in [0.15, 0.2) is 29.6 Å². The lowest BCUT2D eigenvalue weighted by Gasteiger charge is -2.38. The number of nitrogens with one attached hydrogen (secondary N) is 1. The van der Waals surface area contributed by atoms with Crippen LogP contribution in [-0.2, 0) is 20.7 Å². The van der Waals surface area contributed by atoms with Gasteiger partial charge in [-0.05, 0) is 70.1 Å². The van der Waals surface area contributed by atoms with E-state index in [9.17, 15) is 14.4 Å². The van der Waals surface area contributed by atoms with E-state index < -0.39 is 5.60 Å². The molecule has 0 aliphatic carbocycles. The number of rotatable bonds is 2. The molecule has 1 aromatic carbocycles. The number of carbonyl (C=O) groups is 1. The van der Waals surface area contributed by atoms with Crippen molar-refractivity contribution in [3.8, 4) is 0 Å². The van der Waals surface area contributed by atoms with Gasteiger partial charge in [-0.25, -0.2) is 14.4 Å². The number of ether oxygens (including phenoxy) is 1. The van der Waals surface area contributed by atoms with Crippen LogP contribution in [0, 0.1) is 0 Å². The van der Waals surface area contributed by atoms with E-state index in [2.05, 4.69) is 28.4 Å². The van der Waals surface area contributed by atoms with Gasteiger partial charge >= 0.3 is 6.09 Å². The molecule has 7 nitrogen and oxygen atoms in total. The molecule has 0 aromatic heterocycles. The number of anilines is 1. The molecule has 1 aromatic rings. The predicted molar refractivity (Wildman–Crippen MR) is 122 cm³/mol. The Morgan fingerprint density at radius 3 is 2.47 bits per heavy atom. The first kappa shape index (κ1) is 22.2. The lowest BCUT2D eigenvalue weighted by Crippen LogP contribution is -2.47. The first-order valence-corrected chi connectivity index (χ1v) is 11.4. The molecule has 3 aliphatic rings. The van der Waals surface area contributed by atoms with Gasteiger partial charge in [-0.1, -0.05) is 12.1 Å². The molecule has 1 amide bonds. The van der Waals surface area contributed by atoms with Crippen molar-refractivity contribution in [2.24, 2.45) is 0 Å². The summed E-state index contributed by atoms with van der Waals surface area (Å²) >= 11 is 0. The van der Waals surface area contributed by atoms with Crippen molar-refractivity contribution < 1.29 is 19.1 Å². The Kier molecular flexibility index (Phi) is 6.14. The zero-order chi connectivity index (χ0) is 22.9. The van der Waals surface area contributed by atoms with Gasteiger partial charge in [0.2, 0.25) is 0 Å². The quantitative estimate of drug-likeness (QED) is 0.715. The van der Waals surface area contributed by atoms with Crippen LogP contribution in [0.4, 0.5) is 10.5 Å². The molecule has 1 atom stereocenters. The van der Waals surface area contributed by atoms with E-state index in [0.29, 0.717) is 43.4 Å². The lowest BCUT2D eigenvalue weighted by atomic mass is 9.84. The number of likely N-dealkylation sites (tertiary alicyclic amines) is 1. The van der Waals surface area contributed by atoms with Gasteiger partial charge in [-0.15, -0.1) is 0 Å². The Morgan fingerprint density at radius 1 is 1.06 bits per heavy atom. The largest absolute Gasteiger partial charge is 0.444 e. The Bertz CT molecular complexity index is 991. The average Bonchev–Trinajstić information content (AvgIpc) is 3.22. The number of carbonyl (C=O) groups excluding carboxylic acids is 3. The number of amides is 1. The van der Waals surface area contributed by atoms with Crippen molar-refractivity contribution in [3.63, 3.8) is 0 Å². The third-order valence-corrected chi connectivity index (χ3v) is 6.58. The molecule has 32 heavy (non-hydrogen) atoms. The first-order valence-electron chi connectivity index (χ1n) is 11.4. The van der Waals surface area contributed by atoms with Crippen LogP contribution in [0.25, 0.3) is 0 Å². The number of hydrogen-bond acceptors (Lipinski definition) is 6. The fraction of sp³-hybridized carbons (Fsp3) is 0.560. The normalized spacial score (nSPS) is 21.5. The number of piperidine rings is 2. The van der Waals surface area contributed by atoms with Crippen LogP contribution >= 0.6 is 0 Å². The molecular weight excluding hydrogens is 406 g/mol. The fourth-order valence-electron chi connectivity index (χ4n) is 5.11. The summed E-state index contributed by atoms with van der Waals surface area (Å²) in [6.45, 7) is 7.98. The van der Waals surface area contributed by atoms with Crippen LogP contribution in [0.2, 0.25) is 0 Å². The minimum atomic E-state index is -0.483. The van der Waals surface area contributed by atoms with Crippen molar-refractivity contribution in [1.82, 2.24) is 10.2 Å². The van der Waals surface area contributed by atoms with Crippen molar-refractivity contribution in [2.75, 3.05) is 24.5 Å². The molecule has 2 fully saturated rings. The Labute approximate surface area is 189 Å². The number of nitrogens with zero attached hydrogens (tertiary/aromatic N) is 2. The number of allylic oxidation sites excluding steroid dienone is 2. The van der Waals surface area contributed by atoms with E-state index in [1.807, 2.05) is 37.6 Å². The van der Waals surface area contributed by atoms with Crippen LogP contribution in [0.3, 0.4) is 0 Å². The highest BCUT2D eigenvalue weighted by Gasteiger charge is 2.35. The summed E-state index contributed by atoms with van der Waals surface area (Å²) in [5, 5.41) is 2.92. The molecule has 0 unspecified atom stereocenters. The molecule has 0 bridgehead atoms. The molecule has 4 rings (SSSR count). The van der Waals surface area contributed by atoms with Crippen molar-refractivity contribution in [2.45, 2.75) is 70.4 Å². The van der Waals surface area contributed by atoms with Crippen molar-refractivity contribution in [1.29, 1.82) is 0 Å². The van der Waals surface area contributed by atoms with Gasteiger partial charge in [-0.3, -0.25) is 0 Å². The highest BCUT2D eigenvalue weighted by Crippen LogP contribution is 2.41. The zero-order valence-electron chi connectivity index (χ0n) is 19.1. The van der Waals surface area contributed by atoms with E-state index >= 15 is 0 Å². The maximum absolute atomic E-state index is 12.4. The van der Waals surface area contributed by atoms with Gasteiger partial charge in [0.25, 0.3) is 0 Å². The SMILES string of the molecule is CC(C)(C)OC(=O)N1CCC(N2CCc3c([C@H]4CCC(=C=O)NC4=C=O)cccc32)CC1. The molecule has 2 saturated heterocycles. The Hall–Kier alpha value is -3.01. The summed E-state index contributed by atoms with van der Waals surface area (Å²) < 4.78 is 5.52. The van der Waals surface area contributed by atoms with Crippen LogP contribution in [-0.4, -0.2) is 54.2 Å². The lowest BCUT2D eigenvalue weighted by molar-refractivity contribution is 0.0205. The topological polar surface area (TPSA) is 79.0 Å². The zero-order valence-corrected chi connectivity index (χ0v) is 19.1. The van der Waals surface area contributed by atoms with E-state index in [1.165, 1.54) is 11.3 Å². The standard InChI is InChI=1S/C25H31N3O4/c1-25(2,3)32-24(31)27-12-9-18(10-13-27)28-14-11-21-19(5-4-6-23(21)28)20-8-7-17(15-29)26-22(20)16-30/h4-6,18,20,26H,7-14H2,1-3H3/t20-/m1/s1. The van der Waals surface area contributed by atoms with Gasteiger partial charge in [0.15, 0.2) is 0 Å². The van der Waals surface area contributed by atoms with Gasteiger partial charge in [-0.2, -0.15) is 0 Å². The smallest absolute Gasteiger partial charge is 0.410 e. The van der Waals surface area contributed by atoms with Crippen molar-refractivity contribution in [3.05, 3.63) is 40.7 Å². The average molecular weight is 438 g/mol. The van der Waals surface area contributed by atoms with E-state index in [1.54, 1.807) is 0 Å². The second kappa shape index (κ2) is 8.85. The number of fused-ring (bicyclic) bond motifs is 1. The number of hydrogen-bond donors (Lipinski definition) is 1. The Balaban J connectivity index is 1.48. The summed E-state index contributed by atoms with van der Waals surface area (Å²) in [5.74, 6) is 3.81. The number of benzene rings is 1. The van der Waals surface area contributed by atoms with Crippen LogP contribution in [0.1, 0.15) is 63.5 Å². The molecule has 0 spiro atoms. The summed E-state index contributed by atoms with van der Waals surface area (Å²) in [4.78, 5) is 39.2. The summed E-state index contributed by atoms with van der Waals surface area (Å²) in [7, 11) is 0. The maximum atomic E-state index is 12.4. The predicted octanol–water partition coefficient (Wildman–Crippen LogP) is 3.35. The van der Waals surface area contributed by atoms with Gasteiger partial charge < -0.3 is 19.9 Å². The minimum absolute atomic E-state index is 0.0754. The van der Waals surface area contributed by atoms with Gasteiger partial charge in [0.1, 0.15) is 28.9 Å². The molecule has 0 saturated carbocycles. The fourth-order valence-corrected chi connectivity index (χ4v) is 5.11. The molecule has 3 aliphatic heterocycles. The van der Waals surface area contributed by atoms with Crippen molar-refractivity contribution >= 4 is 23.7 Å². The third kappa shape index (κ3) is 4.45. The monoisotopic (exact) mass is 437 g/mol. The molecule has 1 N–H and O–H groups in total. The minimum Gasteiger partial charge on any atom is -0.444 e. The Morgan fingerprint density at radius 2 is 1.81 bits per heavy atom. The first-order chi connectivity index (χ1) is 15.3.